The van der Waals surface area contributed by atoms with Crippen molar-refractivity contribution in [3.05, 3.63) is 40.9 Å². The number of allylic oxidation sites excluding steroid dienone is 1. The second kappa shape index (κ2) is 6.03. The number of hydrazine groups is 1. The van der Waals surface area contributed by atoms with E-state index in [1.165, 1.54) is 18.2 Å². The number of Topliss-reactive ketones (excluding diaryl/α,β-unsaturated/α-hetero) is 1. The third kappa shape index (κ3) is 2.89. The molecule has 21 heavy (non-hydrogen) atoms. The fourth-order valence-electron chi connectivity index (χ4n) is 2.70. The fraction of sp³-hybridized carbons (Fsp3) is 0.375. The molecule has 0 saturated carbocycles. The molecule has 1 fully saturated rings. The Morgan fingerprint density at radius 3 is 2.62 bits per heavy atom. The van der Waals surface area contributed by atoms with Crippen molar-refractivity contribution < 1.29 is 9.59 Å². The van der Waals surface area contributed by atoms with Gasteiger partial charge in [-0.3, -0.25) is 9.59 Å². The zero-order valence-electron chi connectivity index (χ0n) is 12.0. The summed E-state index contributed by atoms with van der Waals surface area (Å²) in [6, 6.07) is 7.57. The van der Waals surface area contributed by atoms with Gasteiger partial charge in [-0.05, 0) is 25.0 Å². The molecule has 2 aliphatic heterocycles. The Bertz CT molecular complexity index is 606. The van der Waals surface area contributed by atoms with Crippen LogP contribution in [0.2, 0.25) is 0 Å². The third-order valence-electron chi connectivity index (χ3n) is 3.77. The smallest absolute Gasteiger partial charge is 0.237 e. The van der Waals surface area contributed by atoms with Crippen LogP contribution in [0.15, 0.2) is 40.3 Å². The summed E-state index contributed by atoms with van der Waals surface area (Å²) < 4.78 is 0. The van der Waals surface area contributed by atoms with E-state index in [2.05, 4.69) is 0 Å². The van der Waals surface area contributed by atoms with E-state index in [0.717, 1.165) is 36.4 Å². The number of carbonyl (C=O) groups excluding carboxylic acids is 2. The Morgan fingerprint density at radius 1 is 1.24 bits per heavy atom. The summed E-state index contributed by atoms with van der Waals surface area (Å²) >= 11 is 1.45. The van der Waals surface area contributed by atoms with Crippen LogP contribution in [-0.2, 0) is 4.79 Å². The van der Waals surface area contributed by atoms with Crippen molar-refractivity contribution in [3.8, 4) is 0 Å². The van der Waals surface area contributed by atoms with Gasteiger partial charge in [-0.15, -0.1) is 0 Å². The number of hydrogen-bond donors (Lipinski definition) is 0. The molecule has 0 unspecified atom stereocenters. The van der Waals surface area contributed by atoms with Gasteiger partial charge in [0.15, 0.2) is 0 Å². The second-order valence-electron chi connectivity index (χ2n) is 5.30. The van der Waals surface area contributed by atoms with Gasteiger partial charge in [0, 0.05) is 36.7 Å². The molecular formula is C16H18N2O2S. The maximum Gasteiger partial charge on any atom is 0.237 e. The van der Waals surface area contributed by atoms with Gasteiger partial charge in [-0.1, -0.05) is 30.3 Å². The van der Waals surface area contributed by atoms with Crippen molar-refractivity contribution in [1.29, 1.82) is 0 Å². The summed E-state index contributed by atoms with van der Waals surface area (Å²) in [5, 5.41) is 3.65. The lowest BCUT2D eigenvalue weighted by Crippen LogP contribution is -2.45. The SMILES string of the molecule is CC(=O)N(/C=C1/Sc2ccccc2C1=O)N1CCCCC1. The van der Waals surface area contributed by atoms with Crippen LogP contribution in [0, 0.1) is 0 Å². The molecule has 1 saturated heterocycles. The standard InChI is InChI=1S/C16H18N2O2S/c1-12(19)18(17-9-5-2-6-10-17)11-15-16(20)13-7-3-4-8-14(13)21-15/h3-4,7-8,11H,2,5-6,9-10H2,1H3/b15-11+. The lowest BCUT2D eigenvalue weighted by molar-refractivity contribution is -0.141. The Labute approximate surface area is 128 Å². The molecule has 110 valence electrons. The van der Waals surface area contributed by atoms with E-state index in [0.29, 0.717) is 4.91 Å². The highest BCUT2D eigenvalue weighted by molar-refractivity contribution is 8.04. The van der Waals surface area contributed by atoms with Gasteiger partial charge < -0.3 is 0 Å². The maximum absolute atomic E-state index is 12.4. The van der Waals surface area contributed by atoms with Crippen LogP contribution < -0.4 is 0 Å². The third-order valence-corrected chi connectivity index (χ3v) is 4.86. The van der Waals surface area contributed by atoms with Crippen LogP contribution in [0.3, 0.4) is 0 Å². The average molecular weight is 302 g/mol. The van der Waals surface area contributed by atoms with Crippen molar-refractivity contribution >= 4 is 23.5 Å². The fourth-order valence-corrected chi connectivity index (χ4v) is 3.71. The largest absolute Gasteiger partial charge is 0.288 e. The molecule has 0 aliphatic carbocycles. The Balaban J connectivity index is 1.86. The van der Waals surface area contributed by atoms with E-state index in [9.17, 15) is 9.59 Å². The Kier molecular flexibility index (Phi) is 4.12. The molecule has 5 heteroatoms. The molecule has 1 amide bonds. The van der Waals surface area contributed by atoms with Crippen molar-refractivity contribution in [1.82, 2.24) is 10.0 Å². The van der Waals surface area contributed by atoms with Crippen LogP contribution in [0.5, 0.6) is 0 Å². The van der Waals surface area contributed by atoms with Crippen molar-refractivity contribution in [2.24, 2.45) is 0 Å². The lowest BCUT2D eigenvalue weighted by Gasteiger charge is -2.34. The number of rotatable bonds is 2. The van der Waals surface area contributed by atoms with E-state index in [4.69, 9.17) is 0 Å². The molecule has 2 aliphatic rings. The van der Waals surface area contributed by atoms with Gasteiger partial charge in [0.2, 0.25) is 11.7 Å². The summed E-state index contributed by atoms with van der Waals surface area (Å²) in [5.74, 6) is -0.0346. The number of nitrogens with zero attached hydrogens (tertiary/aromatic N) is 2. The highest BCUT2D eigenvalue weighted by Crippen LogP contribution is 2.39. The first-order chi connectivity index (χ1) is 10.2. The van der Waals surface area contributed by atoms with Crippen LogP contribution in [0.1, 0.15) is 36.5 Å². The van der Waals surface area contributed by atoms with Crippen molar-refractivity contribution in [3.63, 3.8) is 0 Å². The first kappa shape index (κ1) is 14.4. The molecule has 0 N–H and O–H groups in total. The number of benzene rings is 1. The molecule has 3 rings (SSSR count). The van der Waals surface area contributed by atoms with Crippen molar-refractivity contribution in [2.75, 3.05) is 13.1 Å². The van der Waals surface area contributed by atoms with E-state index in [1.54, 1.807) is 18.1 Å². The molecule has 0 atom stereocenters. The quantitative estimate of drug-likeness (QED) is 0.787. The lowest BCUT2D eigenvalue weighted by atomic mass is 10.1. The van der Waals surface area contributed by atoms with Gasteiger partial charge in [-0.25, -0.2) is 10.0 Å². The minimum absolute atomic E-state index is 0.0128. The number of fused-ring (bicyclic) bond motifs is 1. The first-order valence-corrected chi connectivity index (χ1v) is 8.06. The van der Waals surface area contributed by atoms with Gasteiger partial charge >= 0.3 is 0 Å². The molecule has 0 bridgehead atoms. The Morgan fingerprint density at radius 2 is 1.95 bits per heavy atom. The summed E-state index contributed by atoms with van der Waals surface area (Å²) in [5.41, 5.74) is 0.732. The number of carbonyl (C=O) groups is 2. The van der Waals surface area contributed by atoms with Crippen LogP contribution >= 0.6 is 11.8 Å². The van der Waals surface area contributed by atoms with Gasteiger partial charge in [-0.2, -0.15) is 0 Å². The van der Waals surface area contributed by atoms with Crippen molar-refractivity contribution in [2.45, 2.75) is 31.1 Å². The van der Waals surface area contributed by atoms with Crippen LogP contribution in [0.25, 0.3) is 0 Å². The van der Waals surface area contributed by atoms with Crippen LogP contribution in [-0.4, -0.2) is 34.8 Å². The number of ketones is 1. The highest BCUT2D eigenvalue weighted by Gasteiger charge is 2.28. The monoisotopic (exact) mass is 302 g/mol. The zero-order chi connectivity index (χ0) is 14.8. The molecule has 0 radical (unpaired) electrons. The topological polar surface area (TPSA) is 40.6 Å². The summed E-state index contributed by atoms with van der Waals surface area (Å²) in [4.78, 5) is 25.9. The normalized spacial score (nSPS) is 20.6. The summed E-state index contributed by atoms with van der Waals surface area (Å²) in [6.07, 6.45) is 5.10. The van der Waals surface area contributed by atoms with E-state index < -0.39 is 0 Å². The predicted molar refractivity (Wildman–Crippen MR) is 82.7 cm³/mol. The molecule has 0 spiro atoms. The van der Waals surface area contributed by atoms with Crippen LogP contribution in [0.4, 0.5) is 0 Å². The van der Waals surface area contributed by atoms with Gasteiger partial charge in [0.25, 0.3) is 0 Å². The molecule has 4 nitrogen and oxygen atoms in total. The number of hydrogen-bond acceptors (Lipinski definition) is 4. The molecular weight excluding hydrogens is 284 g/mol. The molecule has 1 aromatic carbocycles. The van der Waals surface area contributed by atoms with E-state index in [1.807, 2.05) is 29.3 Å². The molecule has 1 aromatic rings. The summed E-state index contributed by atoms with van der Waals surface area (Å²) in [6.45, 7) is 3.28. The minimum atomic E-state index is -0.0474. The Hall–Kier alpha value is -1.59. The average Bonchev–Trinajstić information content (AvgIpc) is 2.82. The number of amides is 1. The van der Waals surface area contributed by atoms with E-state index in [-0.39, 0.29) is 11.7 Å². The maximum atomic E-state index is 12.4. The number of piperidine rings is 1. The first-order valence-electron chi connectivity index (χ1n) is 7.25. The van der Waals surface area contributed by atoms with Gasteiger partial charge in [0.05, 0.1) is 4.91 Å². The summed E-state index contributed by atoms with van der Waals surface area (Å²) in [7, 11) is 0. The molecule has 2 heterocycles. The molecule has 0 aromatic heterocycles. The van der Waals surface area contributed by atoms with E-state index >= 15 is 0 Å². The minimum Gasteiger partial charge on any atom is -0.288 e. The zero-order valence-corrected chi connectivity index (χ0v) is 12.9. The number of thioether (sulfide) groups is 1. The predicted octanol–water partition coefficient (Wildman–Crippen LogP) is 3.07. The highest BCUT2D eigenvalue weighted by atomic mass is 32.2. The second-order valence-corrected chi connectivity index (χ2v) is 6.38. The van der Waals surface area contributed by atoms with Gasteiger partial charge in [0.1, 0.15) is 0 Å².